The second kappa shape index (κ2) is 11.5. The summed E-state index contributed by atoms with van der Waals surface area (Å²) in [6.07, 6.45) is 0.833. The van der Waals surface area contributed by atoms with Gasteiger partial charge in [-0.05, 0) is 55.9 Å². The van der Waals surface area contributed by atoms with Gasteiger partial charge in [-0.25, -0.2) is 0 Å². The number of carbonyl (C=O) groups is 2. The summed E-state index contributed by atoms with van der Waals surface area (Å²) in [6, 6.07) is 15.1. The van der Waals surface area contributed by atoms with Gasteiger partial charge in [0.1, 0.15) is 11.8 Å². The van der Waals surface area contributed by atoms with Crippen LogP contribution in [0.5, 0.6) is 5.75 Å². The van der Waals surface area contributed by atoms with Crippen molar-refractivity contribution in [2.75, 3.05) is 6.61 Å². The highest BCUT2D eigenvalue weighted by Gasteiger charge is 2.27. The maximum absolute atomic E-state index is 13.2. The molecule has 0 radical (unpaired) electrons. The average Bonchev–Trinajstić information content (AvgIpc) is 2.76. The van der Waals surface area contributed by atoms with Gasteiger partial charge in [0.25, 0.3) is 5.91 Å². The average molecular weight is 425 g/mol. The highest BCUT2D eigenvalue weighted by Crippen LogP contribution is 2.26. The van der Waals surface area contributed by atoms with Crippen molar-refractivity contribution in [2.24, 2.45) is 0 Å². The quantitative estimate of drug-likeness (QED) is 0.594. The Balaban J connectivity index is 2.21. The van der Waals surface area contributed by atoms with E-state index in [-0.39, 0.29) is 30.4 Å². The first-order valence-electron chi connectivity index (χ1n) is 11.1. The molecule has 168 valence electrons. The zero-order chi connectivity index (χ0) is 23.0. The molecule has 0 spiro atoms. The van der Waals surface area contributed by atoms with Crippen molar-refractivity contribution in [3.8, 4) is 5.75 Å². The van der Waals surface area contributed by atoms with Gasteiger partial charge in [-0.15, -0.1) is 0 Å². The third-order valence-corrected chi connectivity index (χ3v) is 5.66. The topological polar surface area (TPSA) is 58.6 Å². The predicted octanol–water partition coefficient (Wildman–Crippen LogP) is 4.83. The van der Waals surface area contributed by atoms with Gasteiger partial charge in [-0.3, -0.25) is 9.59 Å². The van der Waals surface area contributed by atoms with Crippen LogP contribution < -0.4 is 10.1 Å². The van der Waals surface area contributed by atoms with Crippen molar-refractivity contribution in [2.45, 2.75) is 72.5 Å². The van der Waals surface area contributed by atoms with Gasteiger partial charge in [0.15, 0.2) is 6.61 Å². The molecule has 0 heterocycles. The maximum atomic E-state index is 13.2. The molecule has 2 amide bonds. The molecule has 0 aliphatic rings. The third-order valence-electron chi connectivity index (χ3n) is 5.66. The van der Waals surface area contributed by atoms with E-state index in [0.29, 0.717) is 12.3 Å². The van der Waals surface area contributed by atoms with E-state index in [9.17, 15) is 9.59 Å². The van der Waals surface area contributed by atoms with Gasteiger partial charge in [0.05, 0.1) is 0 Å². The fraction of sp³-hybridized carbons (Fsp3) is 0.462. The van der Waals surface area contributed by atoms with E-state index in [1.807, 2.05) is 69.3 Å². The highest BCUT2D eigenvalue weighted by molar-refractivity contribution is 5.88. The van der Waals surface area contributed by atoms with Crippen LogP contribution in [0.1, 0.15) is 63.6 Å². The Hall–Kier alpha value is -2.82. The summed E-state index contributed by atoms with van der Waals surface area (Å²) in [4.78, 5) is 27.6. The zero-order valence-corrected chi connectivity index (χ0v) is 19.6. The minimum Gasteiger partial charge on any atom is -0.483 e. The Bertz CT molecular complexity index is 878. The number of hydrogen-bond acceptors (Lipinski definition) is 3. The molecule has 0 fully saturated rings. The minimum atomic E-state index is -0.606. The van der Waals surface area contributed by atoms with Crippen LogP contribution in [0.3, 0.4) is 0 Å². The molecule has 2 rings (SSSR count). The molecule has 31 heavy (non-hydrogen) atoms. The van der Waals surface area contributed by atoms with E-state index in [1.165, 1.54) is 0 Å². The molecule has 0 aliphatic carbocycles. The number of amides is 2. The second-order valence-corrected chi connectivity index (χ2v) is 8.42. The van der Waals surface area contributed by atoms with Gasteiger partial charge >= 0.3 is 0 Å². The summed E-state index contributed by atoms with van der Waals surface area (Å²) in [7, 11) is 0. The van der Waals surface area contributed by atoms with E-state index in [1.54, 1.807) is 11.8 Å². The number of hydrogen-bond donors (Lipinski definition) is 1. The molecule has 5 nitrogen and oxygen atoms in total. The normalized spacial score (nSPS) is 12.9. The van der Waals surface area contributed by atoms with Crippen LogP contribution in [0.15, 0.2) is 48.5 Å². The molecule has 2 atom stereocenters. The predicted molar refractivity (Wildman–Crippen MR) is 125 cm³/mol. The van der Waals surface area contributed by atoms with Crippen LogP contribution in [0.2, 0.25) is 0 Å². The molecule has 0 saturated carbocycles. The molecule has 0 aliphatic heterocycles. The Labute approximate surface area is 186 Å². The van der Waals surface area contributed by atoms with Crippen molar-refractivity contribution >= 4 is 11.8 Å². The first kappa shape index (κ1) is 24.4. The number of nitrogens with zero attached hydrogens (tertiary/aromatic N) is 1. The molecule has 5 heteroatoms. The minimum absolute atomic E-state index is 0.0551. The summed E-state index contributed by atoms with van der Waals surface area (Å²) in [6.45, 7) is 12.2. The molecule has 0 aromatic heterocycles. The summed E-state index contributed by atoms with van der Waals surface area (Å²) in [5.74, 6) is 0.625. The van der Waals surface area contributed by atoms with Crippen molar-refractivity contribution in [1.29, 1.82) is 0 Å². The molecule has 0 saturated heterocycles. The molecule has 0 bridgehead atoms. The second-order valence-electron chi connectivity index (χ2n) is 8.42. The fourth-order valence-corrected chi connectivity index (χ4v) is 3.33. The molecular formula is C26H36N2O3. The lowest BCUT2D eigenvalue weighted by molar-refractivity contribution is -0.142. The number of carbonyl (C=O) groups excluding carboxylic acids is 2. The van der Waals surface area contributed by atoms with Gasteiger partial charge in [-0.2, -0.15) is 0 Å². The van der Waals surface area contributed by atoms with Crippen LogP contribution in [0.25, 0.3) is 0 Å². The first-order chi connectivity index (χ1) is 14.7. The largest absolute Gasteiger partial charge is 0.483 e. The van der Waals surface area contributed by atoms with E-state index < -0.39 is 6.04 Å². The first-order valence-corrected chi connectivity index (χ1v) is 11.1. The number of rotatable bonds is 10. The maximum Gasteiger partial charge on any atom is 0.261 e. The van der Waals surface area contributed by atoms with Gasteiger partial charge in [0, 0.05) is 12.6 Å². The monoisotopic (exact) mass is 424 g/mol. The zero-order valence-electron chi connectivity index (χ0n) is 19.6. The molecule has 0 unspecified atom stereocenters. The van der Waals surface area contributed by atoms with Crippen LogP contribution in [-0.4, -0.2) is 35.4 Å². The lowest BCUT2D eigenvalue weighted by atomic mass is 10.0. The van der Waals surface area contributed by atoms with E-state index in [0.717, 1.165) is 23.1 Å². The Morgan fingerprint density at radius 2 is 1.65 bits per heavy atom. The lowest BCUT2D eigenvalue weighted by Gasteiger charge is -2.30. The van der Waals surface area contributed by atoms with Gasteiger partial charge in [-0.1, -0.05) is 63.2 Å². The summed E-state index contributed by atoms with van der Waals surface area (Å²) in [5.41, 5.74) is 3.16. The van der Waals surface area contributed by atoms with Crippen LogP contribution in [0, 0.1) is 6.92 Å². The summed E-state index contributed by atoms with van der Waals surface area (Å²) >= 11 is 0. The SMILES string of the molecule is CC[C@@H](C)NC(=O)[C@H](C)N(Cc1ccccc1C)C(=O)COc1ccccc1C(C)C. The Morgan fingerprint density at radius 1 is 1.00 bits per heavy atom. The van der Waals surface area contributed by atoms with Crippen LogP contribution >= 0.6 is 0 Å². The number of para-hydroxylation sites is 1. The standard InChI is InChI=1S/C26H36N2O3/c1-7-20(5)27-26(30)21(6)28(16-22-13-9-8-12-19(22)4)25(29)17-31-24-15-11-10-14-23(24)18(2)3/h8-15,18,20-21H,7,16-17H2,1-6H3,(H,27,30)/t20-,21+/m1/s1. The van der Waals surface area contributed by atoms with Crippen LogP contribution in [0.4, 0.5) is 0 Å². The Kier molecular flexibility index (Phi) is 9.10. The number of ether oxygens (including phenoxy) is 1. The fourth-order valence-electron chi connectivity index (χ4n) is 3.33. The van der Waals surface area contributed by atoms with Gasteiger partial charge in [0.2, 0.25) is 5.91 Å². The number of benzene rings is 2. The molecule has 2 aromatic rings. The highest BCUT2D eigenvalue weighted by atomic mass is 16.5. The number of nitrogens with one attached hydrogen (secondary N) is 1. The lowest BCUT2D eigenvalue weighted by Crippen LogP contribution is -2.50. The number of aryl methyl sites for hydroxylation is 1. The molecule has 1 N–H and O–H groups in total. The van der Waals surface area contributed by atoms with Gasteiger partial charge < -0.3 is 15.0 Å². The van der Waals surface area contributed by atoms with Crippen molar-refractivity contribution in [3.63, 3.8) is 0 Å². The third kappa shape index (κ3) is 6.84. The van der Waals surface area contributed by atoms with E-state index in [4.69, 9.17) is 4.74 Å². The Morgan fingerprint density at radius 3 is 2.29 bits per heavy atom. The smallest absolute Gasteiger partial charge is 0.261 e. The van der Waals surface area contributed by atoms with Crippen molar-refractivity contribution in [3.05, 3.63) is 65.2 Å². The van der Waals surface area contributed by atoms with E-state index in [2.05, 4.69) is 19.2 Å². The van der Waals surface area contributed by atoms with Crippen molar-refractivity contribution in [1.82, 2.24) is 10.2 Å². The van der Waals surface area contributed by atoms with E-state index >= 15 is 0 Å². The molecular weight excluding hydrogens is 388 g/mol. The van der Waals surface area contributed by atoms with Crippen LogP contribution in [-0.2, 0) is 16.1 Å². The summed E-state index contributed by atoms with van der Waals surface area (Å²) < 4.78 is 5.92. The van der Waals surface area contributed by atoms with Crippen molar-refractivity contribution < 1.29 is 14.3 Å². The summed E-state index contributed by atoms with van der Waals surface area (Å²) in [5, 5.41) is 2.99. The molecule has 2 aromatic carbocycles.